The molecule has 2 heterocycles. The van der Waals surface area contributed by atoms with Gasteiger partial charge in [-0.25, -0.2) is 4.98 Å². The summed E-state index contributed by atoms with van der Waals surface area (Å²) in [6.07, 6.45) is 1.20. The number of anilines is 1. The zero-order chi connectivity index (χ0) is 11.0. The second-order valence-electron chi connectivity index (χ2n) is 4.19. The molecule has 1 atom stereocenters. The summed E-state index contributed by atoms with van der Waals surface area (Å²) in [7, 11) is 0. The molecule has 0 amide bonds. The Bertz CT molecular complexity index is 512. The zero-order valence-corrected chi connectivity index (χ0v) is 10.5. The van der Waals surface area contributed by atoms with Gasteiger partial charge in [-0.05, 0) is 24.6 Å². The maximum atomic E-state index is 4.70. The number of hydrogen-bond acceptors (Lipinski definition) is 2. The van der Waals surface area contributed by atoms with Crippen LogP contribution in [-0.2, 0) is 0 Å². The molecule has 0 spiro atoms. The van der Waals surface area contributed by atoms with Gasteiger partial charge in [-0.1, -0.05) is 34.1 Å². The zero-order valence-electron chi connectivity index (χ0n) is 8.94. The van der Waals surface area contributed by atoms with Crippen LogP contribution in [0.4, 0.5) is 5.82 Å². The molecule has 0 bridgehead atoms. The molecule has 1 aliphatic heterocycles. The molecule has 0 radical (unpaired) electrons. The first-order valence-electron chi connectivity index (χ1n) is 5.58. The van der Waals surface area contributed by atoms with Crippen LogP contribution in [0.15, 0.2) is 36.4 Å². The molecule has 0 N–H and O–H groups in total. The first kappa shape index (κ1) is 10.1. The van der Waals surface area contributed by atoms with Crippen LogP contribution in [0.3, 0.4) is 0 Å². The number of rotatable bonds is 1. The van der Waals surface area contributed by atoms with Crippen molar-refractivity contribution in [2.75, 3.05) is 18.0 Å². The van der Waals surface area contributed by atoms with Crippen molar-refractivity contribution in [3.63, 3.8) is 0 Å². The predicted molar refractivity (Wildman–Crippen MR) is 71.3 cm³/mol. The normalized spacial score (nSPS) is 20.6. The second kappa shape index (κ2) is 4.06. The summed E-state index contributed by atoms with van der Waals surface area (Å²) in [4.78, 5) is 7.65. The van der Waals surface area contributed by atoms with Gasteiger partial charge in [0.25, 0.3) is 0 Å². The smallest absolute Gasteiger partial charge is 0.129 e. The van der Waals surface area contributed by atoms with Gasteiger partial charge in [0.05, 0.1) is 5.52 Å². The summed E-state index contributed by atoms with van der Waals surface area (Å²) < 4.78 is 0. The van der Waals surface area contributed by atoms with Crippen LogP contribution < -0.4 is 4.90 Å². The lowest BCUT2D eigenvalue weighted by Crippen LogP contribution is -2.20. The molecule has 0 aliphatic carbocycles. The molecule has 82 valence electrons. The highest BCUT2D eigenvalue weighted by atomic mass is 79.9. The minimum atomic E-state index is 0.612. The summed E-state index contributed by atoms with van der Waals surface area (Å²) in [5.41, 5.74) is 1.08. The summed E-state index contributed by atoms with van der Waals surface area (Å²) in [5.74, 6) is 1.10. The molecule has 2 aromatic rings. The lowest BCUT2D eigenvalue weighted by molar-refractivity contribution is 0.944. The Balaban J connectivity index is 1.99. The minimum absolute atomic E-state index is 0.612. The number of para-hydroxylation sites is 1. The Morgan fingerprint density at radius 3 is 2.88 bits per heavy atom. The first-order valence-corrected chi connectivity index (χ1v) is 6.49. The van der Waals surface area contributed by atoms with Crippen molar-refractivity contribution >= 4 is 32.7 Å². The van der Waals surface area contributed by atoms with Crippen molar-refractivity contribution in [1.29, 1.82) is 0 Å². The first-order chi connectivity index (χ1) is 7.83. The van der Waals surface area contributed by atoms with Crippen molar-refractivity contribution in [3.05, 3.63) is 36.4 Å². The minimum Gasteiger partial charge on any atom is -0.355 e. The van der Waals surface area contributed by atoms with Crippen molar-refractivity contribution in [2.45, 2.75) is 11.2 Å². The van der Waals surface area contributed by atoms with Crippen LogP contribution in [0, 0.1) is 0 Å². The highest BCUT2D eigenvalue weighted by Gasteiger charge is 2.20. The number of pyridine rings is 1. The van der Waals surface area contributed by atoms with Gasteiger partial charge in [-0.3, -0.25) is 0 Å². The fourth-order valence-corrected chi connectivity index (χ4v) is 2.71. The molecule has 1 aromatic carbocycles. The molecule has 2 nitrogen and oxygen atoms in total. The van der Waals surface area contributed by atoms with Crippen LogP contribution in [0.5, 0.6) is 0 Å². The molecular weight excluding hydrogens is 264 g/mol. The van der Waals surface area contributed by atoms with Crippen LogP contribution in [0.2, 0.25) is 0 Å². The molecule has 16 heavy (non-hydrogen) atoms. The monoisotopic (exact) mass is 276 g/mol. The van der Waals surface area contributed by atoms with Gasteiger partial charge in [-0.2, -0.15) is 0 Å². The number of benzene rings is 1. The topological polar surface area (TPSA) is 16.1 Å². The lowest BCUT2D eigenvalue weighted by atomic mass is 10.2. The van der Waals surface area contributed by atoms with Gasteiger partial charge in [0.1, 0.15) is 5.82 Å². The Hall–Kier alpha value is -1.09. The average Bonchev–Trinajstić information content (AvgIpc) is 2.75. The Morgan fingerprint density at radius 1 is 1.19 bits per heavy atom. The summed E-state index contributed by atoms with van der Waals surface area (Å²) in [5, 5.41) is 1.21. The quantitative estimate of drug-likeness (QED) is 0.744. The van der Waals surface area contributed by atoms with Gasteiger partial charge in [-0.15, -0.1) is 0 Å². The van der Waals surface area contributed by atoms with Crippen molar-refractivity contribution < 1.29 is 0 Å². The third-order valence-electron chi connectivity index (χ3n) is 3.04. The molecule has 0 saturated carbocycles. The summed E-state index contributed by atoms with van der Waals surface area (Å²) >= 11 is 3.66. The van der Waals surface area contributed by atoms with Crippen molar-refractivity contribution in [2.24, 2.45) is 0 Å². The summed E-state index contributed by atoms with van der Waals surface area (Å²) in [6, 6.07) is 12.5. The SMILES string of the molecule is BrC1CCN(c2ccc3ccccc3n2)C1. The van der Waals surface area contributed by atoms with Gasteiger partial charge in [0.15, 0.2) is 0 Å². The van der Waals surface area contributed by atoms with Gasteiger partial charge in [0, 0.05) is 23.3 Å². The highest BCUT2D eigenvalue weighted by Crippen LogP contribution is 2.24. The van der Waals surface area contributed by atoms with E-state index in [1.54, 1.807) is 0 Å². The molecule has 1 aliphatic rings. The number of hydrogen-bond donors (Lipinski definition) is 0. The fourth-order valence-electron chi connectivity index (χ4n) is 2.16. The molecule has 1 aromatic heterocycles. The standard InChI is InChI=1S/C13H13BrN2/c14-11-7-8-16(9-11)13-6-5-10-3-1-2-4-12(10)15-13/h1-6,11H,7-9H2. The van der Waals surface area contributed by atoms with E-state index in [2.05, 4.69) is 45.1 Å². The number of aromatic nitrogens is 1. The maximum absolute atomic E-state index is 4.70. The van der Waals surface area contributed by atoms with Crippen LogP contribution in [0.1, 0.15) is 6.42 Å². The van der Waals surface area contributed by atoms with E-state index in [0.29, 0.717) is 4.83 Å². The van der Waals surface area contributed by atoms with E-state index in [1.165, 1.54) is 11.8 Å². The van der Waals surface area contributed by atoms with Crippen LogP contribution >= 0.6 is 15.9 Å². The molecular formula is C13H13BrN2. The number of nitrogens with zero attached hydrogens (tertiary/aromatic N) is 2. The van der Waals surface area contributed by atoms with E-state index in [1.807, 2.05) is 12.1 Å². The lowest BCUT2D eigenvalue weighted by Gasteiger charge is -2.16. The van der Waals surface area contributed by atoms with Crippen LogP contribution in [0.25, 0.3) is 10.9 Å². The fraction of sp³-hybridized carbons (Fsp3) is 0.308. The third kappa shape index (κ3) is 1.80. The summed E-state index contributed by atoms with van der Waals surface area (Å²) in [6.45, 7) is 2.16. The van der Waals surface area contributed by atoms with E-state index in [9.17, 15) is 0 Å². The van der Waals surface area contributed by atoms with E-state index in [4.69, 9.17) is 4.98 Å². The van der Waals surface area contributed by atoms with E-state index in [0.717, 1.165) is 24.4 Å². The average molecular weight is 277 g/mol. The molecule has 3 heteroatoms. The number of halogens is 1. The largest absolute Gasteiger partial charge is 0.355 e. The highest BCUT2D eigenvalue weighted by molar-refractivity contribution is 9.09. The van der Waals surface area contributed by atoms with E-state index < -0.39 is 0 Å². The molecule has 1 unspecified atom stereocenters. The van der Waals surface area contributed by atoms with Gasteiger partial charge in [0.2, 0.25) is 0 Å². The van der Waals surface area contributed by atoms with Crippen molar-refractivity contribution in [1.82, 2.24) is 4.98 Å². The molecule has 1 fully saturated rings. The van der Waals surface area contributed by atoms with Gasteiger partial charge < -0.3 is 4.90 Å². The van der Waals surface area contributed by atoms with Crippen LogP contribution in [-0.4, -0.2) is 22.9 Å². The number of alkyl halides is 1. The second-order valence-corrected chi connectivity index (χ2v) is 5.49. The van der Waals surface area contributed by atoms with Gasteiger partial charge >= 0.3 is 0 Å². The predicted octanol–water partition coefficient (Wildman–Crippen LogP) is 3.21. The van der Waals surface area contributed by atoms with Crippen molar-refractivity contribution in [3.8, 4) is 0 Å². The Labute approximate surface area is 103 Å². The third-order valence-corrected chi connectivity index (χ3v) is 3.79. The Kier molecular flexibility index (Phi) is 2.56. The maximum Gasteiger partial charge on any atom is 0.129 e. The number of fused-ring (bicyclic) bond motifs is 1. The van der Waals surface area contributed by atoms with E-state index >= 15 is 0 Å². The molecule has 1 saturated heterocycles. The Morgan fingerprint density at radius 2 is 2.06 bits per heavy atom. The van der Waals surface area contributed by atoms with E-state index in [-0.39, 0.29) is 0 Å². The molecule has 3 rings (SSSR count).